The van der Waals surface area contributed by atoms with E-state index < -0.39 is 5.38 Å². The summed E-state index contributed by atoms with van der Waals surface area (Å²) in [5.41, 5.74) is 1.15. The van der Waals surface area contributed by atoms with Crippen molar-refractivity contribution in [2.45, 2.75) is 31.2 Å². The summed E-state index contributed by atoms with van der Waals surface area (Å²) in [6.45, 7) is 2.53. The minimum absolute atomic E-state index is 0.0231. The lowest BCUT2D eigenvalue weighted by atomic mass is 10.0. The number of rotatable bonds is 3. The zero-order chi connectivity index (χ0) is 13.1. The van der Waals surface area contributed by atoms with E-state index in [4.69, 9.17) is 16.3 Å². The van der Waals surface area contributed by atoms with Crippen LogP contribution in [0.2, 0.25) is 0 Å². The Kier molecular flexibility index (Phi) is 4.12. The molecule has 98 valence electrons. The first-order valence-electron chi connectivity index (χ1n) is 6.22. The van der Waals surface area contributed by atoms with Crippen molar-refractivity contribution in [2.75, 3.05) is 13.7 Å². The van der Waals surface area contributed by atoms with Gasteiger partial charge in [0.15, 0.2) is 0 Å². The molecule has 0 spiro atoms. The molecular weight excluding hydrogens is 250 g/mol. The monoisotopic (exact) mass is 267 g/mol. The summed E-state index contributed by atoms with van der Waals surface area (Å²) in [7, 11) is 1.65. The van der Waals surface area contributed by atoms with E-state index >= 15 is 0 Å². The molecule has 2 atom stereocenters. The Labute approximate surface area is 113 Å². The number of methoxy groups -OCH3 is 1. The van der Waals surface area contributed by atoms with Gasteiger partial charge < -0.3 is 9.64 Å². The third-order valence-electron chi connectivity index (χ3n) is 3.38. The molecule has 18 heavy (non-hydrogen) atoms. The summed E-state index contributed by atoms with van der Waals surface area (Å²) in [6, 6.07) is 8.06. The van der Waals surface area contributed by atoms with Crippen LogP contribution in [-0.2, 0) is 4.79 Å². The molecule has 1 aliphatic heterocycles. The zero-order valence-electron chi connectivity index (χ0n) is 10.7. The molecule has 1 fully saturated rings. The van der Waals surface area contributed by atoms with Crippen LogP contribution in [0.15, 0.2) is 24.3 Å². The number of benzene rings is 1. The van der Waals surface area contributed by atoms with E-state index in [1.54, 1.807) is 14.0 Å². The van der Waals surface area contributed by atoms with E-state index in [0.29, 0.717) is 0 Å². The fraction of sp³-hybridized carbons (Fsp3) is 0.500. The maximum Gasteiger partial charge on any atom is 0.240 e. The summed E-state index contributed by atoms with van der Waals surface area (Å²) in [5.74, 6) is 0.857. The second kappa shape index (κ2) is 5.61. The van der Waals surface area contributed by atoms with E-state index in [1.807, 2.05) is 29.2 Å². The Morgan fingerprint density at radius 3 is 2.67 bits per heavy atom. The van der Waals surface area contributed by atoms with E-state index in [-0.39, 0.29) is 11.9 Å². The van der Waals surface area contributed by atoms with Crippen molar-refractivity contribution in [1.29, 1.82) is 0 Å². The van der Waals surface area contributed by atoms with E-state index in [0.717, 1.165) is 30.7 Å². The summed E-state index contributed by atoms with van der Waals surface area (Å²) >= 11 is 5.90. The van der Waals surface area contributed by atoms with Crippen LogP contribution in [0.5, 0.6) is 5.75 Å². The zero-order valence-corrected chi connectivity index (χ0v) is 11.5. The van der Waals surface area contributed by atoms with Crippen LogP contribution in [0.3, 0.4) is 0 Å². The second-order valence-corrected chi connectivity index (χ2v) is 5.23. The average molecular weight is 268 g/mol. The molecule has 3 nitrogen and oxygen atoms in total. The van der Waals surface area contributed by atoms with Crippen LogP contribution in [-0.4, -0.2) is 29.8 Å². The fourth-order valence-electron chi connectivity index (χ4n) is 2.43. The Morgan fingerprint density at radius 2 is 2.11 bits per heavy atom. The third-order valence-corrected chi connectivity index (χ3v) is 3.56. The van der Waals surface area contributed by atoms with Crippen LogP contribution >= 0.6 is 11.6 Å². The first-order valence-corrected chi connectivity index (χ1v) is 6.65. The number of carbonyl (C=O) groups excluding carboxylic acids is 1. The predicted octanol–water partition coefficient (Wildman–Crippen LogP) is 2.99. The normalized spacial score (nSPS) is 20.8. The topological polar surface area (TPSA) is 29.5 Å². The van der Waals surface area contributed by atoms with Gasteiger partial charge in [0, 0.05) is 6.54 Å². The Balaban J connectivity index is 2.17. The standard InChI is InChI=1S/C14H18ClNO2/c1-10(15)14(17)16-9-3-4-13(16)11-5-7-12(18-2)8-6-11/h5-8,10,13H,3-4,9H2,1-2H3. The highest BCUT2D eigenvalue weighted by molar-refractivity contribution is 6.30. The van der Waals surface area contributed by atoms with Gasteiger partial charge in [-0.3, -0.25) is 4.79 Å². The first kappa shape index (κ1) is 13.2. The van der Waals surface area contributed by atoms with Gasteiger partial charge in [-0.25, -0.2) is 0 Å². The van der Waals surface area contributed by atoms with Crippen molar-refractivity contribution in [3.05, 3.63) is 29.8 Å². The lowest BCUT2D eigenvalue weighted by Gasteiger charge is -2.26. The molecule has 0 bridgehead atoms. The summed E-state index contributed by atoms with van der Waals surface area (Å²) < 4.78 is 5.14. The van der Waals surface area contributed by atoms with Crippen LogP contribution < -0.4 is 4.74 Å². The number of nitrogens with zero attached hydrogens (tertiary/aromatic N) is 1. The smallest absolute Gasteiger partial charge is 0.240 e. The average Bonchev–Trinajstić information content (AvgIpc) is 2.87. The fourth-order valence-corrected chi connectivity index (χ4v) is 2.56. The van der Waals surface area contributed by atoms with Crippen LogP contribution in [0.25, 0.3) is 0 Å². The van der Waals surface area contributed by atoms with Crippen LogP contribution in [0.4, 0.5) is 0 Å². The molecule has 1 aliphatic rings. The number of amides is 1. The molecule has 1 aromatic carbocycles. The highest BCUT2D eigenvalue weighted by Gasteiger charge is 2.31. The molecule has 2 rings (SSSR count). The number of hydrogen-bond acceptors (Lipinski definition) is 2. The minimum atomic E-state index is -0.455. The number of ether oxygens (including phenoxy) is 1. The predicted molar refractivity (Wildman–Crippen MR) is 72.0 cm³/mol. The second-order valence-electron chi connectivity index (χ2n) is 4.58. The van der Waals surface area contributed by atoms with Gasteiger partial charge in [-0.15, -0.1) is 11.6 Å². The SMILES string of the molecule is COc1ccc(C2CCCN2C(=O)C(C)Cl)cc1. The summed E-state index contributed by atoms with van der Waals surface area (Å²) in [6.07, 6.45) is 2.04. The first-order chi connectivity index (χ1) is 8.63. The van der Waals surface area contributed by atoms with Gasteiger partial charge in [0.05, 0.1) is 13.2 Å². The maximum absolute atomic E-state index is 12.0. The molecule has 4 heteroatoms. The molecule has 0 aliphatic carbocycles. The van der Waals surface area contributed by atoms with Gasteiger partial charge in [0.25, 0.3) is 0 Å². The molecule has 1 heterocycles. The Morgan fingerprint density at radius 1 is 1.44 bits per heavy atom. The maximum atomic E-state index is 12.0. The van der Waals surface area contributed by atoms with Crippen molar-refractivity contribution in [3.8, 4) is 5.75 Å². The van der Waals surface area contributed by atoms with Crippen molar-refractivity contribution in [3.63, 3.8) is 0 Å². The number of hydrogen-bond donors (Lipinski definition) is 0. The quantitative estimate of drug-likeness (QED) is 0.788. The van der Waals surface area contributed by atoms with Gasteiger partial charge in [-0.2, -0.15) is 0 Å². The summed E-state index contributed by atoms with van der Waals surface area (Å²) in [5, 5.41) is -0.455. The van der Waals surface area contributed by atoms with E-state index in [2.05, 4.69) is 0 Å². The van der Waals surface area contributed by atoms with Crippen molar-refractivity contribution < 1.29 is 9.53 Å². The lowest BCUT2D eigenvalue weighted by Crippen LogP contribution is -2.35. The molecule has 1 aromatic rings. The molecule has 0 radical (unpaired) electrons. The largest absolute Gasteiger partial charge is 0.497 e. The highest BCUT2D eigenvalue weighted by atomic mass is 35.5. The van der Waals surface area contributed by atoms with Crippen molar-refractivity contribution >= 4 is 17.5 Å². The number of carbonyl (C=O) groups is 1. The molecule has 0 saturated carbocycles. The number of alkyl halides is 1. The molecule has 0 aromatic heterocycles. The molecule has 2 unspecified atom stereocenters. The molecule has 1 amide bonds. The minimum Gasteiger partial charge on any atom is -0.497 e. The highest BCUT2D eigenvalue weighted by Crippen LogP contribution is 2.33. The van der Waals surface area contributed by atoms with Crippen molar-refractivity contribution in [1.82, 2.24) is 4.90 Å². The van der Waals surface area contributed by atoms with Gasteiger partial charge >= 0.3 is 0 Å². The third kappa shape index (κ3) is 2.61. The van der Waals surface area contributed by atoms with E-state index in [1.165, 1.54) is 0 Å². The van der Waals surface area contributed by atoms with Gasteiger partial charge in [0.2, 0.25) is 5.91 Å². The van der Waals surface area contributed by atoms with Gasteiger partial charge in [-0.05, 0) is 37.5 Å². The molecule has 0 N–H and O–H groups in total. The molecule has 1 saturated heterocycles. The Hall–Kier alpha value is -1.22. The number of likely N-dealkylation sites (tertiary alicyclic amines) is 1. The number of halogens is 1. The van der Waals surface area contributed by atoms with Gasteiger partial charge in [-0.1, -0.05) is 12.1 Å². The summed E-state index contributed by atoms with van der Waals surface area (Å²) in [4.78, 5) is 13.9. The van der Waals surface area contributed by atoms with Gasteiger partial charge in [0.1, 0.15) is 11.1 Å². The van der Waals surface area contributed by atoms with Crippen LogP contribution in [0.1, 0.15) is 31.4 Å². The van der Waals surface area contributed by atoms with Crippen LogP contribution in [0, 0.1) is 0 Å². The molecular formula is C14H18ClNO2. The van der Waals surface area contributed by atoms with E-state index in [9.17, 15) is 4.79 Å². The van der Waals surface area contributed by atoms with Crippen molar-refractivity contribution in [2.24, 2.45) is 0 Å². The Bertz CT molecular complexity index is 416. The lowest BCUT2D eigenvalue weighted by molar-refractivity contribution is -0.131.